The van der Waals surface area contributed by atoms with Crippen molar-refractivity contribution in [2.75, 3.05) is 14.1 Å². The molecule has 0 atom stereocenters. The average Bonchev–Trinajstić information content (AvgIpc) is 2.26. The Morgan fingerprint density at radius 2 is 1.75 bits per heavy atom. The van der Waals surface area contributed by atoms with Gasteiger partial charge in [-0.3, -0.25) is 4.79 Å². The third-order valence-corrected chi connectivity index (χ3v) is 2.77. The molecule has 1 aromatic rings. The van der Waals surface area contributed by atoms with Gasteiger partial charge >= 0.3 is 0 Å². The number of benzene rings is 1. The second-order valence-corrected chi connectivity index (χ2v) is 4.68. The van der Waals surface area contributed by atoms with E-state index in [9.17, 15) is 4.79 Å². The van der Waals surface area contributed by atoms with E-state index in [1.165, 1.54) is 11.1 Å². The highest BCUT2D eigenvalue weighted by Gasteiger charge is 2.04. The van der Waals surface area contributed by atoms with Crippen molar-refractivity contribution in [3.63, 3.8) is 0 Å². The summed E-state index contributed by atoms with van der Waals surface area (Å²) < 4.78 is 0. The van der Waals surface area contributed by atoms with Crippen LogP contribution in [0.4, 0.5) is 0 Å². The van der Waals surface area contributed by atoms with E-state index in [-0.39, 0.29) is 5.91 Å². The van der Waals surface area contributed by atoms with Gasteiger partial charge in [0.2, 0.25) is 5.91 Å². The van der Waals surface area contributed by atoms with Crippen LogP contribution in [0, 0.1) is 0 Å². The summed E-state index contributed by atoms with van der Waals surface area (Å²) in [7, 11) is 3.59. The molecular formula is C14H21NO. The van der Waals surface area contributed by atoms with Crippen LogP contribution in [0.2, 0.25) is 0 Å². The summed E-state index contributed by atoms with van der Waals surface area (Å²) in [4.78, 5) is 13.1. The van der Waals surface area contributed by atoms with Gasteiger partial charge in [0.05, 0.1) is 0 Å². The van der Waals surface area contributed by atoms with E-state index in [2.05, 4.69) is 38.1 Å². The Morgan fingerprint density at radius 3 is 2.19 bits per heavy atom. The fraction of sp³-hybridized carbons (Fsp3) is 0.500. The predicted molar refractivity (Wildman–Crippen MR) is 67.5 cm³/mol. The molecule has 0 N–H and O–H groups in total. The highest BCUT2D eigenvalue weighted by molar-refractivity contribution is 5.75. The van der Waals surface area contributed by atoms with Gasteiger partial charge in [0.25, 0.3) is 0 Å². The molecule has 2 nitrogen and oxygen atoms in total. The van der Waals surface area contributed by atoms with E-state index < -0.39 is 0 Å². The maximum absolute atomic E-state index is 11.4. The number of amides is 1. The Balaban J connectivity index is 2.53. The molecule has 1 rings (SSSR count). The van der Waals surface area contributed by atoms with Crippen LogP contribution in [-0.4, -0.2) is 24.9 Å². The smallest absolute Gasteiger partial charge is 0.222 e. The van der Waals surface area contributed by atoms with Crippen molar-refractivity contribution in [2.24, 2.45) is 0 Å². The van der Waals surface area contributed by atoms with E-state index in [4.69, 9.17) is 0 Å². The molecule has 0 saturated heterocycles. The lowest BCUT2D eigenvalue weighted by molar-refractivity contribution is -0.128. The first kappa shape index (κ1) is 12.8. The van der Waals surface area contributed by atoms with Gasteiger partial charge in [-0.1, -0.05) is 38.1 Å². The largest absolute Gasteiger partial charge is 0.349 e. The quantitative estimate of drug-likeness (QED) is 0.762. The monoisotopic (exact) mass is 219 g/mol. The van der Waals surface area contributed by atoms with Gasteiger partial charge in [-0.05, 0) is 23.5 Å². The van der Waals surface area contributed by atoms with Crippen LogP contribution in [0.1, 0.15) is 37.3 Å². The van der Waals surface area contributed by atoms with Gasteiger partial charge in [0.15, 0.2) is 0 Å². The van der Waals surface area contributed by atoms with E-state index in [0.717, 1.165) is 6.42 Å². The number of nitrogens with zero attached hydrogens (tertiary/aromatic N) is 1. The topological polar surface area (TPSA) is 20.3 Å². The molecule has 16 heavy (non-hydrogen) atoms. The van der Waals surface area contributed by atoms with Crippen LogP contribution in [0.15, 0.2) is 24.3 Å². The van der Waals surface area contributed by atoms with Gasteiger partial charge in [-0.25, -0.2) is 0 Å². The molecule has 0 spiro atoms. The van der Waals surface area contributed by atoms with Crippen molar-refractivity contribution < 1.29 is 4.79 Å². The third kappa shape index (κ3) is 3.69. The Bertz CT molecular complexity index is 338. The number of hydrogen-bond donors (Lipinski definition) is 0. The summed E-state index contributed by atoms with van der Waals surface area (Å²) >= 11 is 0. The molecule has 0 bridgehead atoms. The van der Waals surface area contributed by atoms with E-state index in [1.54, 1.807) is 19.0 Å². The summed E-state index contributed by atoms with van der Waals surface area (Å²) in [5.41, 5.74) is 2.59. The molecular weight excluding hydrogens is 198 g/mol. The molecule has 0 aliphatic carbocycles. The van der Waals surface area contributed by atoms with Crippen LogP contribution in [-0.2, 0) is 11.2 Å². The number of aryl methyl sites for hydroxylation is 1. The number of hydrogen-bond acceptors (Lipinski definition) is 1. The molecule has 0 aliphatic heterocycles. The Labute approximate surface area is 98.3 Å². The molecule has 0 heterocycles. The van der Waals surface area contributed by atoms with Crippen LogP contribution >= 0.6 is 0 Å². The normalized spacial score (nSPS) is 10.6. The Morgan fingerprint density at radius 1 is 1.19 bits per heavy atom. The first-order valence-corrected chi connectivity index (χ1v) is 5.79. The van der Waals surface area contributed by atoms with E-state index in [0.29, 0.717) is 12.3 Å². The van der Waals surface area contributed by atoms with Gasteiger partial charge in [-0.2, -0.15) is 0 Å². The second-order valence-electron chi connectivity index (χ2n) is 4.68. The number of carbonyl (C=O) groups excluding carboxylic acids is 1. The Hall–Kier alpha value is -1.31. The van der Waals surface area contributed by atoms with Gasteiger partial charge in [0, 0.05) is 20.5 Å². The summed E-state index contributed by atoms with van der Waals surface area (Å²) in [6.45, 7) is 4.37. The summed E-state index contributed by atoms with van der Waals surface area (Å²) in [5.74, 6) is 0.755. The molecule has 0 saturated carbocycles. The van der Waals surface area contributed by atoms with E-state index in [1.807, 2.05) is 0 Å². The lowest BCUT2D eigenvalue weighted by atomic mass is 10.0. The number of rotatable bonds is 4. The summed E-state index contributed by atoms with van der Waals surface area (Å²) in [5, 5.41) is 0. The number of carbonyl (C=O) groups is 1. The third-order valence-electron chi connectivity index (χ3n) is 2.77. The molecule has 0 aromatic heterocycles. The average molecular weight is 219 g/mol. The van der Waals surface area contributed by atoms with Crippen molar-refractivity contribution in [1.82, 2.24) is 4.90 Å². The van der Waals surface area contributed by atoms with Gasteiger partial charge in [0.1, 0.15) is 0 Å². The van der Waals surface area contributed by atoms with Crippen LogP contribution in [0.3, 0.4) is 0 Å². The fourth-order valence-electron chi connectivity index (χ4n) is 1.54. The molecule has 0 radical (unpaired) electrons. The lowest BCUT2D eigenvalue weighted by Gasteiger charge is -2.10. The van der Waals surface area contributed by atoms with Crippen molar-refractivity contribution in [3.05, 3.63) is 35.4 Å². The van der Waals surface area contributed by atoms with Crippen molar-refractivity contribution >= 4 is 5.91 Å². The van der Waals surface area contributed by atoms with Crippen LogP contribution in [0.25, 0.3) is 0 Å². The first-order chi connectivity index (χ1) is 7.50. The molecule has 88 valence electrons. The maximum Gasteiger partial charge on any atom is 0.222 e. The summed E-state index contributed by atoms with van der Waals surface area (Å²) in [6.07, 6.45) is 1.42. The highest BCUT2D eigenvalue weighted by atomic mass is 16.2. The van der Waals surface area contributed by atoms with Crippen molar-refractivity contribution in [2.45, 2.75) is 32.6 Å². The van der Waals surface area contributed by atoms with Crippen molar-refractivity contribution in [3.8, 4) is 0 Å². The molecule has 1 amide bonds. The van der Waals surface area contributed by atoms with Crippen molar-refractivity contribution in [1.29, 1.82) is 0 Å². The second kappa shape index (κ2) is 5.69. The zero-order chi connectivity index (χ0) is 12.1. The van der Waals surface area contributed by atoms with Crippen LogP contribution < -0.4 is 0 Å². The SMILES string of the molecule is CC(C)c1ccc(CCC(=O)N(C)C)cc1. The zero-order valence-corrected chi connectivity index (χ0v) is 10.7. The minimum atomic E-state index is 0.188. The lowest BCUT2D eigenvalue weighted by Crippen LogP contribution is -2.21. The Kier molecular flexibility index (Phi) is 4.53. The summed E-state index contributed by atoms with van der Waals surface area (Å²) in [6, 6.07) is 8.55. The molecule has 2 heteroatoms. The fourth-order valence-corrected chi connectivity index (χ4v) is 1.54. The van der Waals surface area contributed by atoms with Crippen LogP contribution in [0.5, 0.6) is 0 Å². The molecule has 1 aromatic carbocycles. The minimum absolute atomic E-state index is 0.188. The standard InChI is InChI=1S/C14H21NO/c1-11(2)13-8-5-12(6-9-13)7-10-14(16)15(3)4/h5-6,8-9,11H,7,10H2,1-4H3. The highest BCUT2D eigenvalue weighted by Crippen LogP contribution is 2.15. The zero-order valence-electron chi connectivity index (χ0n) is 10.7. The molecule has 0 unspecified atom stereocenters. The predicted octanol–water partition coefficient (Wildman–Crippen LogP) is 2.83. The van der Waals surface area contributed by atoms with Gasteiger partial charge < -0.3 is 4.90 Å². The maximum atomic E-state index is 11.4. The van der Waals surface area contributed by atoms with Gasteiger partial charge in [-0.15, -0.1) is 0 Å². The van der Waals surface area contributed by atoms with E-state index >= 15 is 0 Å². The molecule has 0 aliphatic rings. The minimum Gasteiger partial charge on any atom is -0.349 e. The first-order valence-electron chi connectivity index (χ1n) is 5.79. The molecule has 0 fully saturated rings.